The van der Waals surface area contributed by atoms with E-state index in [2.05, 4.69) is 10.2 Å². The smallest absolute Gasteiger partial charge is 0.308 e. The minimum absolute atomic E-state index is 0.0232. The molecule has 19 heavy (non-hydrogen) atoms. The van der Waals surface area contributed by atoms with Crippen LogP contribution in [0.5, 0.6) is 0 Å². The number of rotatable bonds is 3. The molecule has 2 heterocycles. The fourth-order valence-electron chi connectivity index (χ4n) is 2.36. The Bertz CT molecular complexity index is 495. The van der Waals surface area contributed by atoms with Crippen molar-refractivity contribution in [3.05, 3.63) is 17.5 Å². The molecule has 0 aliphatic carbocycles. The number of hydrogen-bond donors (Lipinski definition) is 2. The molecule has 0 radical (unpaired) electrons. The summed E-state index contributed by atoms with van der Waals surface area (Å²) in [6.45, 7) is 6.62. The first kappa shape index (κ1) is 13.6. The zero-order chi connectivity index (χ0) is 14.2. The Morgan fingerprint density at radius 1 is 1.47 bits per heavy atom. The molecule has 0 spiro atoms. The maximum atomic E-state index is 12.2. The number of carboxylic acid groups (broad SMARTS) is 1. The van der Waals surface area contributed by atoms with E-state index in [-0.39, 0.29) is 24.3 Å². The molecule has 2 atom stereocenters. The Morgan fingerprint density at radius 3 is 2.63 bits per heavy atom. The monoisotopic (exact) mass is 265 g/mol. The summed E-state index contributed by atoms with van der Waals surface area (Å²) < 4.78 is 0. The van der Waals surface area contributed by atoms with E-state index in [0.717, 1.165) is 5.69 Å². The lowest BCUT2D eigenvalue weighted by atomic mass is 9.99. The Hall–Kier alpha value is -1.85. The van der Waals surface area contributed by atoms with Crippen LogP contribution in [0.15, 0.2) is 6.07 Å². The molecule has 1 aromatic heterocycles. The van der Waals surface area contributed by atoms with E-state index >= 15 is 0 Å². The topological polar surface area (TPSA) is 86.3 Å². The predicted octanol–water partition coefficient (Wildman–Crippen LogP) is 1.33. The summed E-state index contributed by atoms with van der Waals surface area (Å²) in [6.07, 6.45) is 0. The van der Waals surface area contributed by atoms with Crippen LogP contribution in [-0.4, -0.2) is 45.2 Å². The van der Waals surface area contributed by atoms with Gasteiger partial charge in [0.25, 0.3) is 5.91 Å². The van der Waals surface area contributed by atoms with E-state index in [1.54, 1.807) is 11.0 Å². The maximum Gasteiger partial charge on any atom is 0.308 e. The van der Waals surface area contributed by atoms with Crippen molar-refractivity contribution in [1.82, 2.24) is 15.1 Å². The third-order valence-corrected chi connectivity index (χ3v) is 3.66. The fraction of sp³-hybridized carbons (Fsp3) is 0.615. The zero-order valence-corrected chi connectivity index (χ0v) is 11.4. The number of carbonyl (C=O) groups excluding carboxylic acids is 1. The second kappa shape index (κ2) is 5.03. The highest BCUT2D eigenvalue weighted by Crippen LogP contribution is 2.24. The van der Waals surface area contributed by atoms with E-state index in [1.807, 2.05) is 20.8 Å². The van der Waals surface area contributed by atoms with Crippen LogP contribution >= 0.6 is 0 Å². The molecule has 2 N–H and O–H groups in total. The van der Waals surface area contributed by atoms with Crippen LogP contribution in [-0.2, 0) is 4.79 Å². The molecule has 2 rings (SSSR count). The average molecular weight is 265 g/mol. The number of carboxylic acids is 1. The van der Waals surface area contributed by atoms with E-state index in [9.17, 15) is 9.59 Å². The predicted molar refractivity (Wildman–Crippen MR) is 68.9 cm³/mol. The summed E-state index contributed by atoms with van der Waals surface area (Å²) >= 11 is 0. The number of aliphatic carboxylic acids is 1. The van der Waals surface area contributed by atoms with Gasteiger partial charge in [0.2, 0.25) is 0 Å². The van der Waals surface area contributed by atoms with Crippen LogP contribution in [0.2, 0.25) is 0 Å². The van der Waals surface area contributed by atoms with Crippen molar-refractivity contribution in [3.8, 4) is 0 Å². The lowest BCUT2D eigenvalue weighted by molar-refractivity contribution is -0.142. The Balaban J connectivity index is 2.10. The van der Waals surface area contributed by atoms with Gasteiger partial charge in [-0.3, -0.25) is 14.7 Å². The molecule has 1 aliphatic heterocycles. The summed E-state index contributed by atoms with van der Waals surface area (Å²) in [4.78, 5) is 24.9. The van der Waals surface area contributed by atoms with Gasteiger partial charge in [-0.2, -0.15) is 5.10 Å². The minimum atomic E-state index is -0.840. The molecule has 0 aromatic carbocycles. The second-order valence-corrected chi connectivity index (χ2v) is 5.50. The summed E-state index contributed by atoms with van der Waals surface area (Å²) in [6, 6.07) is 1.74. The number of nitrogens with zero attached hydrogens (tertiary/aromatic N) is 2. The number of nitrogens with one attached hydrogen (secondary N) is 1. The zero-order valence-electron chi connectivity index (χ0n) is 11.4. The summed E-state index contributed by atoms with van der Waals surface area (Å²) in [5.74, 6) is -1.26. The van der Waals surface area contributed by atoms with Crippen molar-refractivity contribution in [2.24, 2.45) is 11.8 Å². The quantitative estimate of drug-likeness (QED) is 0.863. The van der Waals surface area contributed by atoms with E-state index in [1.165, 1.54) is 0 Å². The third-order valence-electron chi connectivity index (χ3n) is 3.66. The van der Waals surface area contributed by atoms with Gasteiger partial charge in [0.1, 0.15) is 5.69 Å². The highest BCUT2D eigenvalue weighted by Gasteiger charge is 2.37. The van der Waals surface area contributed by atoms with Crippen molar-refractivity contribution in [2.75, 3.05) is 13.1 Å². The van der Waals surface area contributed by atoms with E-state index in [0.29, 0.717) is 12.2 Å². The molecular formula is C13H19N3O3. The molecule has 1 aliphatic rings. The second-order valence-electron chi connectivity index (χ2n) is 5.50. The number of H-pyrrole nitrogens is 1. The molecule has 1 amide bonds. The van der Waals surface area contributed by atoms with Crippen LogP contribution in [0.4, 0.5) is 0 Å². The SMILES string of the molecule is CC(C)c1cc(C(=O)N2C[C@@H](C)[C@H](C(=O)O)C2)n[nH]1. The first-order chi connectivity index (χ1) is 8.90. The van der Waals surface area contributed by atoms with Gasteiger partial charge in [0.05, 0.1) is 5.92 Å². The van der Waals surface area contributed by atoms with Gasteiger partial charge in [0.15, 0.2) is 0 Å². The third kappa shape index (κ3) is 2.62. The molecule has 1 saturated heterocycles. The molecular weight excluding hydrogens is 246 g/mol. The van der Waals surface area contributed by atoms with Crippen molar-refractivity contribution in [3.63, 3.8) is 0 Å². The van der Waals surface area contributed by atoms with Crippen LogP contribution in [0, 0.1) is 11.8 Å². The van der Waals surface area contributed by atoms with Crippen LogP contribution in [0.3, 0.4) is 0 Å². The highest BCUT2D eigenvalue weighted by molar-refractivity contribution is 5.93. The van der Waals surface area contributed by atoms with Crippen LogP contribution < -0.4 is 0 Å². The van der Waals surface area contributed by atoms with E-state index in [4.69, 9.17) is 5.11 Å². The first-order valence-electron chi connectivity index (χ1n) is 6.47. The standard InChI is InChI=1S/C13H19N3O3/c1-7(2)10-4-11(15-14-10)12(17)16-5-8(3)9(6-16)13(18)19/h4,7-9H,5-6H2,1-3H3,(H,14,15)(H,18,19)/t8-,9-/m1/s1. The van der Waals surface area contributed by atoms with Crippen LogP contribution in [0.1, 0.15) is 42.9 Å². The molecule has 1 fully saturated rings. The van der Waals surface area contributed by atoms with Crippen LogP contribution in [0.25, 0.3) is 0 Å². The summed E-state index contributed by atoms with van der Waals surface area (Å²) in [5.41, 5.74) is 1.27. The fourth-order valence-corrected chi connectivity index (χ4v) is 2.36. The lowest BCUT2D eigenvalue weighted by Gasteiger charge is -2.13. The number of hydrogen-bond acceptors (Lipinski definition) is 3. The molecule has 0 saturated carbocycles. The number of likely N-dealkylation sites (tertiary alicyclic amines) is 1. The molecule has 6 heteroatoms. The first-order valence-corrected chi connectivity index (χ1v) is 6.47. The lowest BCUT2D eigenvalue weighted by Crippen LogP contribution is -2.30. The minimum Gasteiger partial charge on any atom is -0.481 e. The van der Waals surface area contributed by atoms with Gasteiger partial charge in [-0.15, -0.1) is 0 Å². The number of amides is 1. The van der Waals surface area contributed by atoms with Gasteiger partial charge < -0.3 is 10.0 Å². The summed E-state index contributed by atoms with van der Waals surface area (Å²) in [7, 11) is 0. The summed E-state index contributed by atoms with van der Waals surface area (Å²) in [5, 5.41) is 15.9. The molecule has 6 nitrogen and oxygen atoms in total. The van der Waals surface area contributed by atoms with Crippen molar-refractivity contribution in [2.45, 2.75) is 26.7 Å². The largest absolute Gasteiger partial charge is 0.481 e. The van der Waals surface area contributed by atoms with Gasteiger partial charge in [-0.05, 0) is 17.9 Å². The highest BCUT2D eigenvalue weighted by atomic mass is 16.4. The Kier molecular flexibility index (Phi) is 3.59. The van der Waals surface area contributed by atoms with Crippen molar-refractivity contribution < 1.29 is 14.7 Å². The number of aromatic amines is 1. The van der Waals surface area contributed by atoms with Crippen molar-refractivity contribution >= 4 is 11.9 Å². The van der Waals surface area contributed by atoms with Gasteiger partial charge in [0, 0.05) is 18.8 Å². The number of aromatic nitrogens is 2. The molecule has 0 bridgehead atoms. The van der Waals surface area contributed by atoms with Gasteiger partial charge in [-0.25, -0.2) is 0 Å². The average Bonchev–Trinajstić information content (AvgIpc) is 2.94. The molecule has 1 aromatic rings. The van der Waals surface area contributed by atoms with Gasteiger partial charge in [-0.1, -0.05) is 20.8 Å². The normalized spacial score (nSPS) is 23.1. The Labute approximate surface area is 111 Å². The maximum absolute atomic E-state index is 12.2. The van der Waals surface area contributed by atoms with Gasteiger partial charge >= 0.3 is 5.97 Å². The van der Waals surface area contributed by atoms with E-state index < -0.39 is 11.9 Å². The molecule has 104 valence electrons. The number of carbonyl (C=O) groups is 2. The Morgan fingerprint density at radius 2 is 2.16 bits per heavy atom. The molecule has 0 unspecified atom stereocenters. The van der Waals surface area contributed by atoms with Crippen molar-refractivity contribution in [1.29, 1.82) is 0 Å².